The van der Waals surface area contributed by atoms with Gasteiger partial charge in [0, 0.05) is 18.3 Å². The molecule has 0 atom stereocenters. The molecule has 4 aromatic rings. The minimum atomic E-state index is -0.822. The molecule has 0 spiro atoms. The van der Waals surface area contributed by atoms with E-state index in [1.807, 2.05) is 55.5 Å². The van der Waals surface area contributed by atoms with Crippen LogP contribution < -0.4 is 16.2 Å². The van der Waals surface area contributed by atoms with Crippen LogP contribution in [0.5, 0.6) is 0 Å². The second-order valence-corrected chi connectivity index (χ2v) is 7.92. The lowest BCUT2D eigenvalue weighted by Crippen LogP contribution is -2.30. The summed E-state index contributed by atoms with van der Waals surface area (Å²) in [5, 5.41) is 9.18. The number of aromatic nitrogens is 3. The number of halogens is 2. The van der Waals surface area contributed by atoms with Gasteiger partial charge in [0.05, 0.1) is 16.9 Å². The van der Waals surface area contributed by atoms with Gasteiger partial charge >= 0.3 is 6.03 Å². The van der Waals surface area contributed by atoms with Crippen LogP contribution in [0.25, 0.3) is 22.4 Å². The van der Waals surface area contributed by atoms with Gasteiger partial charge < -0.3 is 10.6 Å². The van der Waals surface area contributed by atoms with Crippen LogP contribution in [0.2, 0.25) is 5.02 Å². The summed E-state index contributed by atoms with van der Waals surface area (Å²) in [5.74, 6) is -0.794. The van der Waals surface area contributed by atoms with E-state index in [2.05, 4.69) is 20.7 Å². The van der Waals surface area contributed by atoms with Gasteiger partial charge in [-0.3, -0.25) is 9.78 Å². The van der Waals surface area contributed by atoms with E-state index < -0.39 is 17.4 Å². The Labute approximate surface area is 200 Å². The topological polar surface area (TPSA) is 88.9 Å². The predicted molar refractivity (Wildman–Crippen MR) is 132 cm³/mol. The highest BCUT2D eigenvalue weighted by Gasteiger charge is 2.15. The van der Waals surface area contributed by atoms with Crippen LogP contribution in [-0.4, -0.2) is 20.8 Å². The summed E-state index contributed by atoms with van der Waals surface area (Å²) in [6.45, 7) is 4.11. The van der Waals surface area contributed by atoms with Gasteiger partial charge in [-0.2, -0.15) is 5.10 Å². The first-order valence-corrected chi connectivity index (χ1v) is 10.9. The van der Waals surface area contributed by atoms with Crippen LogP contribution in [0.4, 0.5) is 20.6 Å². The largest absolute Gasteiger partial charge is 0.323 e. The average Bonchev–Trinajstić information content (AvgIpc) is 2.83. The molecule has 2 heterocycles. The van der Waals surface area contributed by atoms with Crippen LogP contribution in [-0.2, 0) is 6.54 Å². The zero-order chi connectivity index (χ0) is 24.2. The molecule has 0 bridgehead atoms. The highest BCUT2D eigenvalue weighted by molar-refractivity contribution is 6.33. The summed E-state index contributed by atoms with van der Waals surface area (Å²) in [5.41, 5.74) is 3.77. The van der Waals surface area contributed by atoms with Gasteiger partial charge in [0.25, 0.3) is 5.56 Å². The molecule has 2 aromatic heterocycles. The Bertz CT molecular complexity index is 1420. The molecule has 2 aromatic carbocycles. The van der Waals surface area contributed by atoms with E-state index in [1.54, 1.807) is 6.92 Å². The lowest BCUT2D eigenvalue weighted by Gasteiger charge is -2.13. The molecular formula is C25H21ClFN5O2. The van der Waals surface area contributed by atoms with E-state index in [-0.39, 0.29) is 16.4 Å². The molecule has 0 aliphatic carbocycles. The number of amides is 2. The van der Waals surface area contributed by atoms with Gasteiger partial charge in [0.15, 0.2) is 5.82 Å². The number of pyridine rings is 1. The average molecular weight is 478 g/mol. The van der Waals surface area contributed by atoms with Gasteiger partial charge in [-0.05, 0) is 42.7 Å². The number of carbonyl (C=O) groups excluding carboxylic acids is 1. The first-order valence-electron chi connectivity index (χ1n) is 10.5. The molecular weight excluding hydrogens is 457 g/mol. The van der Waals surface area contributed by atoms with Crippen molar-refractivity contribution < 1.29 is 9.18 Å². The van der Waals surface area contributed by atoms with Crippen molar-refractivity contribution in [3.63, 3.8) is 0 Å². The van der Waals surface area contributed by atoms with Gasteiger partial charge in [-0.25, -0.2) is 13.9 Å². The number of rotatable bonds is 5. The summed E-state index contributed by atoms with van der Waals surface area (Å²) in [6.07, 6.45) is 2.13. The fraction of sp³-hybridized carbons (Fsp3) is 0.120. The number of carbonyl (C=O) groups is 1. The van der Waals surface area contributed by atoms with E-state index >= 15 is 0 Å². The number of benzene rings is 2. The summed E-state index contributed by atoms with van der Waals surface area (Å²) >= 11 is 5.92. The van der Waals surface area contributed by atoms with E-state index in [1.165, 1.54) is 16.9 Å². The predicted octanol–water partition coefficient (Wildman–Crippen LogP) is 5.74. The van der Waals surface area contributed by atoms with Gasteiger partial charge in [-0.1, -0.05) is 54.1 Å². The number of urea groups is 1. The molecule has 0 saturated carbocycles. The summed E-state index contributed by atoms with van der Waals surface area (Å²) < 4.78 is 15.2. The molecule has 0 saturated heterocycles. The van der Waals surface area contributed by atoms with Gasteiger partial charge in [-0.15, -0.1) is 0 Å². The first-order chi connectivity index (χ1) is 16.4. The molecule has 7 nitrogen and oxygen atoms in total. The normalized spacial score (nSPS) is 10.7. The third-order valence-electron chi connectivity index (χ3n) is 5.23. The number of anilines is 2. The fourth-order valence-electron chi connectivity index (χ4n) is 3.53. The third-order valence-corrected chi connectivity index (χ3v) is 5.52. The molecule has 0 radical (unpaired) electrons. The van der Waals surface area contributed by atoms with Crippen molar-refractivity contribution in [3.05, 3.63) is 93.7 Å². The van der Waals surface area contributed by atoms with E-state index in [0.717, 1.165) is 28.5 Å². The van der Waals surface area contributed by atoms with Crippen LogP contribution in [0.1, 0.15) is 12.5 Å². The molecule has 4 rings (SSSR count). The molecule has 0 aliphatic rings. The quantitative estimate of drug-likeness (QED) is 0.383. The number of nitrogens with zero attached hydrogens (tertiary/aromatic N) is 3. The number of nitrogens with one attached hydrogen (secondary N) is 2. The number of hydrogen-bond acceptors (Lipinski definition) is 4. The molecule has 0 aliphatic heterocycles. The van der Waals surface area contributed by atoms with E-state index in [0.29, 0.717) is 12.2 Å². The lowest BCUT2D eigenvalue weighted by atomic mass is 9.98. The zero-order valence-electron chi connectivity index (χ0n) is 18.5. The van der Waals surface area contributed by atoms with E-state index in [9.17, 15) is 14.0 Å². The monoisotopic (exact) mass is 477 g/mol. The number of hydrogen-bond donors (Lipinski definition) is 2. The third kappa shape index (κ3) is 4.82. The maximum absolute atomic E-state index is 14.0. The molecule has 172 valence electrons. The SMILES string of the molecule is CCn1nc(-c2cccc(-c3ccccc3C)c2)cc(NC(=O)Nc2c(F)cncc2Cl)c1=O. The fourth-order valence-corrected chi connectivity index (χ4v) is 3.72. The first kappa shape index (κ1) is 23.1. The Hall–Kier alpha value is -4.04. The summed E-state index contributed by atoms with van der Waals surface area (Å²) in [7, 11) is 0. The number of aryl methyl sites for hydroxylation is 2. The Morgan fingerprint density at radius 2 is 1.82 bits per heavy atom. The smallest absolute Gasteiger partial charge is 0.304 e. The standard InChI is InChI=1S/C25H21ClFN5O2/c1-3-32-24(33)22(29-25(34)30-23-19(26)13-28-14-20(23)27)12-21(31-32)17-9-6-8-16(11-17)18-10-5-4-7-15(18)2/h4-14H,3H2,1-2H3,(H2,28,29,30,34). The molecule has 2 N–H and O–H groups in total. The minimum Gasteiger partial charge on any atom is -0.304 e. The molecule has 0 unspecified atom stereocenters. The summed E-state index contributed by atoms with van der Waals surface area (Å²) in [6, 6.07) is 16.5. The lowest BCUT2D eigenvalue weighted by molar-refractivity contribution is 0.262. The van der Waals surface area contributed by atoms with Gasteiger partial charge in [0.1, 0.15) is 11.4 Å². The molecule has 34 heavy (non-hydrogen) atoms. The maximum Gasteiger partial charge on any atom is 0.323 e. The van der Waals surface area contributed by atoms with E-state index in [4.69, 9.17) is 11.6 Å². The van der Waals surface area contributed by atoms with Crippen LogP contribution in [0.15, 0.2) is 71.8 Å². The Morgan fingerprint density at radius 3 is 2.56 bits per heavy atom. The maximum atomic E-state index is 14.0. The minimum absolute atomic E-state index is 0.00349. The van der Waals surface area contributed by atoms with Crippen LogP contribution in [0.3, 0.4) is 0 Å². The molecule has 9 heteroatoms. The highest BCUT2D eigenvalue weighted by atomic mass is 35.5. The zero-order valence-corrected chi connectivity index (χ0v) is 19.2. The van der Waals surface area contributed by atoms with Crippen molar-refractivity contribution in [2.75, 3.05) is 10.6 Å². The van der Waals surface area contributed by atoms with Gasteiger partial charge in [0.2, 0.25) is 0 Å². The Balaban J connectivity index is 1.69. The van der Waals surface area contributed by atoms with Crippen molar-refractivity contribution in [1.82, 2.24) is 14.8 Å². The highest BCUT2D eigenvalue weighted by Crippen LogP contribution is 2.28. The van der Waals surface area contributed by atoms with Crippen LogP contribution >= 0.6 is 11.6 Å². The van der Waals surface area contributed by atoms with Crippen molar-refractivity contribution in [2.45, 2.75) is 20.4 Å². The molecule has 0 fully saturated rings. The Morgan fingerprint density at radius 1 is 1.06 bits per heavy atom. The second-order valence-electron chi connectivity index (χ2n) is 7.52. The second kappa shape index (κ2) is 9.84. The van der Waals surface area contributed by atoms with Crippen molar-refractivity contribution in [1.29, 1.82) is 0 Å². The van der Waals surface area contributed by atoms with Crippen molar-refractivity contribution in [2.24, 2.45) is 0 Å². The Kier molecular flexibility index (Phi) is 6.70. The van der Waals surface area contributed by atoms with Crippen molar-refractivity contribution >= 4 is 29.0 Å². The summed E-state index contributed by atoms with van der Waals surface area (Å²) in [4.78, 5) is 28.9. The molecule has 2 amide bonds. The van der Waals surface area contributed by atoms with Crippen molar-refractivity contribution in [3.8, 4) is 22.4 Å². The van der Waals surface area contributed by atoms with Crippen LogP contribution in [0, 0.1) is 12.7 Å².